The fourth-order valence-electron chi connectivity index (χ4n) is 1.26. The Morgan fingerprint density at radius 1 is 1.25 bits per heavy atom. The lowest BCUT2D eigenvalue weighted by molar-refractivity contribution is -0.173. The van der Waals surface area contributed by atoms with Crippen LogP contribution in [0.3, 0.4) is 0 Å². The zero-order valence-electron chi connectivity index (χ0n) is 11.5. The van der Waals surface area contributed by atoms with Gasteiger partial charge in [0.15, 0.2) is 0 Å². The number of rotatable bonds is 6. The summed E-state index contributed by atoms with van der Waals surface area (Å²) in [6.45, 7) is 3.05. The Bertz CT molecular complexity index is 340. The van der Waals surface area contributed by atoms with E-state index in [4.69, 9.17) is 5.11 Å². The molecule has 0 bridgehead atoms. The molecule has 0 aliphatic heterocycles. The minimum absolute atomic E-state index is 0.154. The normalized spacial score (nSPS) is 13.7. The number of ether oxygens (including phenoxy) is 1. The summed E-state index contributed by atoms with van der Waals surface area (Å²) in [5.41, 5.74) is -0.698. The Morgan fingerprint density at radius 3 is 2.20 bits per heavy atom. The summed E-state index contributed by atoms with van der Waals surface area (Å²) in [4.78, 5) is 22.4. The molecule has 1 unspecified atom stereocenters. The van der Waals surface area contributed by atoms with E-state index in [-0.39, 0.29) is 13.2 Å². The number of alkyl halides is 3. The molecule has 0 aromatic heterocycles. The molecule has 0 rings (SSSR count). The van der Waals surface area contributed by atoms with Gasteiger partial charge in [0.05, 0.1) is 6.61 Å². The number of nitrogens with one attached hydrogen (secondary N) is 2. The maximum absolute atomic E-state index is 11.7. The van der Waals surface area contributed by atoms with E-state index < -0.39 is 36.2 Å². The molecule has 9 heteroatoms. The lowest BCUT2D eigenvalue weighted by Gasteiger charge is -2.27. The van der Waals surface area contributed by atoms with Crippen LogP contribution < -0.4 is 10.6 Å². The second-order valence-electron chi connectivity index (χ2n) is 5.21. The lowest BCUT2D eigenvalue weighted by Crippen LogP contribution is -2.52. The summed E-state index contributed by atoms with van der Waals surface area (Å²) in [7, 11) is 0. The van der Waals surface area contributed by atoms with Crippen LogP contribution in [-0.2, 0) is 9.53 Å². The first-order valence-electron chi connectivity index (χ1n) is 5.85. The van der Waals surface area contributed by atoms with Crippen LogP contribution in [0.5, 0.6) is 0 Å². The Morgan fingerprint density at radius 2 is 1.80 bits per heavy atom. The zero-order valence-corrected chi connectivity index (χ0v) is 11.5. The first-order valence-corrected chi connectivity index (χ1v) is 5.85. The molecule has 3 N–H and O–H groups in total. The highest BCUT2D eigenvalue weighted by molar-refractivity contribution is 5.83. The number of urea groups is 1. The highest BCUT2D eigenvalue weighted by Crippen LogP contribution is 2.19. The van der Waals surface area contributed by atoms with Gasteiger partial charge in [0.2, 0.25) is 0 Å². The molecule has 0 fully saturated rings. The van der Waals surface area contributed by atoms with Crippen LogP contribution in [0, 0.1) is 5.41 Å². The van der Waals surface area contributed by atoms with Crippen molar-refractivity contribution >= 4 is 12.0 Å². The van der Waals surface area contributed by atoms with Crippen molar-refractivity contribution in [3.63, 3.8) is 0 Å². The minimum Gasteiger partial charge on any atom is -0.480 e. The molecule has 0 heterocycles. The molecule has 0 aliphatic carbocycles. The van der Waals surface area contributed by atoms with E-state index in [1.165, 1.54) is 0 Å². The molecule has 118 valence electrons. The average Bonchev–Trinajstić information content (AvgIpc) is 2.21. The van der Waals surface area contributed by atoms with Crippen molar-refractivity contribution in [2.24, 2.45) is 5.41 Å². The SMILES string of the molecule is CC(C)(C)C(NC(=O)NCCOCC(F)(F)F)C(=O)O. The van der Waals surface area contributed by atoms with E-state index in [1.807, 2.05) is 0 Å². The topological polar surface area (TPSA) is 87.7 Å². The third-order valence-corrected chi connectivity index (χ3v) is 2.19. The van der Waals surface area contributed by atoms with Gasteiger partial charge in [-0.2, -0.15) is 13.2 Å². The Labute approximate surface area is 114 Å². The number of carboxylic acid groups (broad SMARTS) is 1. The third-order valence-electron chi connectivity index (χ3n) is 2.19. The molecule has 0 aromatic rings. The molecule has 1 atom stereocenters. The van der Waals surface area contributed by atoms with Gasteiger partial charge in [0.25, 0.3) is 0 Å². The highest BCUT2D eigenvalue weighted by atomic mass is 19.4. The number of amides is 2. The predicted molar refractivity (Wildman–Crippen MR) is 64.3 cm³/mol. The van der Waals surface area contributed by atoms with Gasteiger partial charge in [-0.05, 0) is 5.41 Å². The lowest BCUT2D eigenvalue weighted by atomic mass is 9.87. The summed E-state index contributed by atoms with van der Waals surface area (Å²) in [5, 5.41) is 13.4. The van der Waals surface area contributed by atoms with E-state index in [0.29, 0.717) is 0 Å². The van der Waals surface area contributed by atoms with Crippen LogP contribution in [0.25, 0.3) is 0 Å². The molecule has 0 saturated heterocycles. The van der Waals surface area contributed by atoms with Gasteiger partial charge in [0.1, 0.15) is 12.6 Å². The van der Waals surface area contributed by atoms with Gasteiger partial charge in [-0.25, -0.2) is 9.59 Å². The van der Waals surface area contributed by atoms with E-state index in [1.54, 1.807) is 20.8 Å². The molecule has 2 amide bonds. The number of carbonyl (C=O) groups excluding carboxylic acids is 1. The first kappa shape index (κ1) is 18.5. The van der Waals surface area contributed by atoms with E-state index in [0.717, 1.165) is 0 Å². The van der Waals surface area contributed by atoms with E-state index >= 15 is 0 Å². The summed E-state index contributed by atoms with van der Waals surface area (Å²) < 4.78 is 39.5. The molecular formula is C11H19F3N2O4. The van der Waals surface area contributed by atoms with Gasteiger partial charge < -0.3 is 20.5 Å². The van der Waals surface area contributed by atoms with Crippen molar-refractivity contribution in [3.05, 3.63) is 0 Å². The van der Waals surface area contributed by atoms with Gasteiger partial charge >= 0.3 is 18.2 Å². The van der Waals surface area contributed by atoms with E-state index in [2.05, 4.69) is 15.4 Å². The summed E-state index contributed by atoms with van der Waals surface area (Å²) in [5.74, 6) is -1.19. The number of carboxylic acids is 1. The summed E-state index contributed by atoms with van der Waals surface area (Å²) >= 11 is 0. The Kier molecular flexibility index (Phi) is 6.77. The van der Waals surface area contributed by atoms with Crippen molar-refractivity contribution in [3.8, 4) is 0 Å². The number of hydrogen-bond acceptors (Lipinski definition) is 3. The fraction of sp³-hybridized carbons (Fsp3) is 0.818. The van der Waals surface area contributed by atoms with Crippen LogP contribution in [0.4, 0.5) is 18.0 Å². The monoisotopic (exact) mass is 300 g/mol. The van der Waals surface area contributed by atoms with Crippen LogP contribution >= 0.6 is 0 Å². The second-order valence-corrected chi connectivity index (χ2v) is 5.21. The van der Waals surface area contributed by atoms with Gasteiger partial charge in [-0.3, -0.25) is 0 Å². The first-order chi connectivity index (χ1) is 8.93. The van der Waals surface area contributed by atoms with Crippen LogP contribution in [0.2, 0.25) is 0 Å². The second kappa shape index (κ2) is 7.32. The zero-order chi connectivity index (χ0) is 16.0. The average molecular weight is 300 g/mol. The van der Waals surface area contributed by atoms with Crippen molar-refractivity contribution in [1.82, 2.24) is 10.6 Å². The number of aliphatic carboxylic acids is 1. The largest absolute Gasteiger partial charge is 0.480 e. The maximum Gasteiger partial charge on any atom is 0.411 e. The molecular weight excluding hydrogens is 281 g/mol. The highest BCUT2D eigenvalue weighted by Gasteiger charge is 2.32. The third kappa shape index (κ3) is 8.57. The molecule has 0 saturated carbocycles. The quantitative estimate of drug-likeness (QED) is 0.646. The van der Waals surface area contributed by atoms with Crippen molar-refractivity contribution < 1.29 is 32.6 Å². The molecule has 20 heavy (non-hydrogen) atoms. The van der Waals surface area contributed by atoms with E-state index in [9.17, 15) is 22.8 Å². The Balaban J connectivity index is 4.02. The van der Waals surface area contributed by atoms with Gasteiger partial charge in [-0.15, -0.1) is 0 Å². The maximum atomic E-state index is 11.7. The number of carbonyl (C=O) groups is 2. The summed E-state index contributed by atoms with van der Waals surface area (Å²) in [6, 6.07) is -1.89. The summed E-state index contributed by atoms with van der Waals surface area (Å²) in [6.07, 6.45) is -4.41. The van der Waals surface area contributed by atoms with Gasteiger partial charge in [-0.1, -0.05) is 20.8 Å². The predicted octanol–water partition coefficient (Wildman–Crippen LogP) is 1.36. The smallest absolute Gasteiger partial charge is 0.411 e. The fourth-order valence-corrected chi connectivity index (χ4v) is 1.26. The Hall–Kier alpha value is -1.51. The van der Waals surface area contributed by atoms with Crippen molar-refractivity contribution in [1.29, 1.82) is 0 Å². The van der Waals surface area contributed by atoms with Crippen LogP contribution in [0.15, 0.2) is 0 Å². The van der Waals surface area contributed by atoms with Crippen molar-refractivity contribution in [2.75, 3.05) is 19.8 Å². The molecule has 0 aliphatic rings. The van der Waals surface area contributed by atoms with Crippen LogP contribution in [-0.4, -0.2) is 49.1 Å². The minimum atomic E-state index is -4.41. The van der Waals surface area contributed by atoms with Gasteiger partial charge in [0, 0.05) is 6.54 Å². The molecule has 6 nitrogen and oxygen atoms in total. The number of hydrogen-bond donors (Lipinski definition) is 3. The van der Waals surface area contributed by atoms with Crippen molar-refractivity contribution in [2.45, 2.75) is 33.0 Å². The molecule has 0 spiro atoms. The van der Waals surface area contributed by atoms with Crippen LogP contribution in [0.1, 0.15) is 20.8 Å². The molecule has 0 aromatic carbocycles. The molecule has 0 radical (unpaired) electrons. The number of halogens is 3. The standard InChI is InChI=1S/C11H19F3N2O4/c1-10(2,3)7(8(17)18)16-9(19)15-4-5-20-6-11(12,13)14/h7H,4-6H2,1-3H3,(H,17,18)(H2,15,16,19).